The minimum Gasteiger partial charge on any atom is -0.489 e. The lowest BCUT2D eigenvalue weighted by Gasteiger charge is -2.11. The van der Waals surface area contributed by atoms with Crippen LogP contribution in [0.5, 0.6) is 5.75 Å². The fraction of sp³-hybridized carbons (Fsp3) is 0.133. The van der Waals surface area contributed by atoms with Gasteiger partial charge in [0.1, 0.15) is 12.4 Å². The van der Waals surface area contributed by atoms with Gasteiger partial charge in [0.25, 0.3) is 5.91 Å². The molecule has 0 unspecified atom stereocenters. The van der Waals surface area contributed by atoms with E-state index in [-0.39, 0.29) is 5.91 Å². The summed E-state index contributed by atoms with van der Waals surface area (Å²) in [6.45, 7) is 5.12. The number of amides is 1. The first-order chi connectivity index (χ1) is 17.0. The molecule has 0 atom stereocenters. The van der Waals surface area contributed by atoms with Gasteiger partial charge in [-0.1, -0.05) is 72.3 Å². The van der Waals surface area contributed by atoms with E-state index in [0.29, 0.717) is 24.4 Å². The molecule has 1 aromatic heterocycles. The van der Waals surface area contributed by atoms with Crippen molar-refractivity contribution in [2.75, 3.05) is 5.32 Å². The first kappa shape index (κ1) is 22.4. The summed E-state index contributed by atoms with van der Waals surface area (Å²) < 4.78 is 7.82. The number of hydrogen-bond donors (Lipinski definition) is 1. The Kier molecular flexibility index (Phi) is 6.31. The number of benzene rings is 4. The highest BCUT2D eigenvalue weighted by atomic mass is 16.5. The van der Waals surface area contributed by atoms with Crippen molar-refractivity contribution in [2.45, 2.75) is 27.0 Å². The van der Waals surface area contributed by atoms with Crippen LogP contribution >= 0.6 is 0 Å². The molecular formula is C30H27N3O2. The Morgan fingerprint density at radius 2 is 1.77 bits per heavy atom. The Bertz CT molecular complexity index is 1500. The van der Waals surface area contributed by atoms with Crippen LogP contribution in [0.25, 0.3) is 10.8 Å². The highest BCUT2D eigenvalue weighted by Crippen LogP contribution is 2.21. The van der Waals surface area contributed by atoms with Crippen molar-refractivity contribution in [3.05, 3.63) is 125 Å². The van der Waals surface area contributed by atoms with Crippen molar-refractivity contribution >= 4 is 22.4 Å². The van der Waals surface area contributed by atoms with Crippen LogP contribution in [-0.4, -0.2) is 15.7 Å². The van der Waals surface area contributed by atoms with Crippen LogP contribution in [-0.2, 0) is 13.2 Å². The third kappa shape index (κ3) is 5.25. The van der Waals surface area contributed by atoms with E-state index < -0.39 is 0 Å². The molecule has 1 heterocycles. The van der Waals surface area contributed by atoms with Crippen LogP contribution in [0, 0.1) is 13.8 Å². The summed E-state index contributed by atoms with van der Waals surface area (Å²) in [5, 5.41) is 9.80. The number of carbonyl (C=O) groups is 1. The maximum Gasteiger partial charge on any atom is 0.255 e. The third-order valence-corrected chi connectivity index (χ3v) is 6.02. The van der Waals surface area contributed by atoms with Gasteiger partial charge >= 0.3 is 0 Å². The topological polar surface area (TPSA) is 56.1 Å². The molecule has 5 rings (SSSR count). The van der Waals surface area contributed by atoms with Gasteiger partial charge in [-0.2, -0.15) is 5.10 Å². The van der Waals surface area contributed by atoms with E-state index in [1.165, 1.54) is 21.9 Å². The lowest BCUT2D eigenvalue weighted by Crippen LogP contribution is -2.12. The first-order valence-electron chi connectivity index (χ1n) is 11.6. The molecule has 5 nitrogen and oxygen atoms in total. The zero-order chi connectivity index (χ0) is 24.2. The van der Waals surface area contributed by atoms with Gasteiger partial charge in [-0.3, -0.25) is 9.48 Å². The number of rotatable bonds is 7. The molecule has 0 aliphatic rings. The number of ether oxygens (including phenoxy) is 1. The molecular weight excluding hydrogens is 434 g/mol. The number of fused-ring (bicyclic) bond motifs is 1. The summed E-state index contributed by atoms with van der Waals surface area (Å²) in [7, 11) is 0. The summed E-state index contributed by atoms with van der Waals surface area (Å²) in [5.74, 6) is 0.673. The van der Waals surface area contributed by atoms with Gasteiger partial charge in [0.05, 0.1) is 18.4 Å². The molecule has 1 amide bonds. The second-order valence-electron chi connectivity index (χ2n) is 8.78. The van der Waals surface area contributed by atoms with Crippen molar-refractivity contribution in [1.29, 1.82) is 0 Å². The number of aryl methyl sites for hydroxylation is 2. The predicted octanol–water partition coefficient (Wildman–Crippen LogP) is 6.53. The lowest BCUT2D eigenvalue weighted by atomic mass is 10.0. The van der Waals surface area contributed by atoms with Crippen molar-refractivity contribution in [3.8, 4) is 5.75 Å². The molecule has 174 valence electrons. The number of aromatic nitrogens is 2. The van der Waals surface area contributed by atoms with Gasteiger partial charge in [0.2, 0.25) is 0 Å². The number of carbonyl (C=O) groups excluding carboxylic acids is 1. The summed E-state index contributed by atoms with van der Waals surface area (Å²) in [6, 6.07) is 28.2. The minimum atomic E-state index is -0.178. The molecule has 35 heavy (non-hydrogen) atoms. The summed E-state index contributed by atoms with van der Waals surface area (Å²) in [6.07, 6.45) is 3.53. The molecule has 0 spiro atoms. The molecule has 4 aromatic carbocycles. The molecule has 1 N–H and O–H groups in total. The van der Waals surface area contributed by atoms with Crippen LogP contribution in [0.15, 0.2) is 97.3 Å². The lowest BCUT2D eigenvalue weighted by molar-refractivity contribution is 0.102. The zero-order valence-corrected chi connectivity index (χ0v) is 19.9. The monoisotopic (exact) mass is 461 g/mol. The van der Waals surface area contributed by atoms with E-state index in [1.807, 2.05) is 60.3 Å². The van der Waals surface area contributed by atoms with E-state index >= 15 is 0 Å². The molecule has 0 fully saturated rings. The van der Waals surface area contributed by atoms with Crippen molar-refractivity contribution in [2.24, 2.45) is 0 Å². The average Bonchev–Trinajstić information content (AvgIpc) is 3.30. The normalized spacial score (nSPS) is 10.9. The van der Waals surface area contributed by atoms with Crippen LogP contribution in [0.1, 0.15) is 32.6 Å². The predicted molar refractivity (Wildman–Crippen MR) is 140 cm³/mol. The standard InChI is InChI=1S/C30H27N3O2/c1-21-13-14-29(22(2)15-21)35-20-23-7-5-10-25(16-23)30(34)32-27-17-31-33(19-27)18-26-11-6-9-24-8-3-4-12-28(24)26/h3-17,19H,18,20H2,1-2H3,(H,32,34). The van der Waals surface area contributed by atoms with Gasteiger partial charge in [0, 0.05) is 11.8 Å². The van der Waals surface area contributed by atoms with Crippen LogP contribution in [0.4, 0.5) is 5.69 Å². The SMILES string of the molecule is Cc1ccc(OCc2cccc(C(=O)Nc3cnn(Cc4cccc5ccccc45)c3)c2)c(C)c1. The second-order valence-corrected chi connectivity index (χ2v) is 8.78. The highest BCUT2D eigenvalue weighted by molar-refractivity contribution is 6.04. The van der Waals surface area contributed by atoms with Crippen LogP contribution in [0.2, 0.25) is 0 Å². The smallest absolute Gasteiger partial charge is 0.255 e. The Hall–Kier alpha value is -4.38. The molecule has 5 heteroatoms. The Morgan fingerprint density at radius 1 is 0.943 bits per heavy atom. The van der Waals surface area contributed by atoms with Gasteiger partial charge in [-0.25, -0.2) is 0 Å². The van der Waals surface area contributed by atoms with Gasteiger partial charge in [0.15, 0.2) is 0 Å². The molecule has 0 saturated carbocycles. The quantitative estimate of drug-likeness (QED) is 0.300. The summed E-state index contributed by atoms with van der Waals surface area (Å²) in [4.78, 5) is 12.9. The number of hydrogen-bond acceptors (Lipinski definition) is 3. The Balaban J connectivity index is 1.24. The number of anilines is 1. The second kappa shape index (κ2) is 9.85. The number of nitrogens with zero attached hydrogens (tertiary/aromatic N) is 2. The van der Waals surface area contributed by atoms with Crippen molar-refractivity contribution in [1.82, 2.24) is 9.78 Å². The molecule has 0 bridgehead atoms. The third-order valence-electron chi connectivity index (χ3n) is 6.02. The first-order valence-corrected chi connectivity index (χ1v) is 11.6. The zero-order valence-electron chi connectivity index (χ0n) is 19.9. The van der Waals surface area contributed by atoms with E-state index in [2.05, 4.69) is 53.7 Å². The summed E-state index contributed by atoms with van der Waals surface area (Å²) in [5.41, 5.74) is 5.65. The van der Waals surface area contributed by atoms with E-state index in [1.54, 1.807) is 12.3 Å². The maximum atomic E-state index is 12.9. The highest BCUT2D eigenvalue weighted by Gasteiger charge is 2.10. The van der Waals surface area contributed by atoms with Gasteiger partial charge in [-0.15, -0.1) is 0 Å². The maximum absolute atomic E-state index is 12.9. The largest absolute Gasteiger partial charge is 0.489 e. The van der Waals surface area contributed by atoms with Gasteiger partial charge in [-0.05, 0) is 59.5 Å². The summed E-state index contributed by atoms with van der Waals surface area (Å²) >= 11 is 0. The molecule has 0 radical (unpaired) electrons. The van der Waals surface area contributed by atoms with E-state index in [0.717, 1.165) is 16.9 Å². The fourth-order valence-electron chi connectivity index (χ4n) is 4.25. The van der Waals surface area contributed by atoms with E-state index in [4.69, 9.17) is 4.74 Å². The molecule has 0 aliphatic carbocycles. The Morgan fingerprint density at radius 3 is 2.66 bits per heavy atom. The van der Waals surface area contributed by atoms with E-state index in [9.17, 15) is 4.79 Å². The molecule has 0 saturated heterocycles. The molecule has 0 aliphatic heterocycles. The van der Waals surface area contributed by atoms with Gasteiger partial charge < -0.3 is 10.1 Å². The van der Waals surface area contributed by atoms with Crippen LogP contribution < -0.4 is 10.1 Å². The number of nitrogens with one attached hydrogen (secondary N) is 1. The van der Waals surface area contributed by atoms with Crippen LogP contribution in [0.3, 0.4) is 0 Å². The average molecular weight is 462 g/mol. The fourth-order valence-corrected chi connectivity index (χ4v) is 4.25. The van der Waals surface area contributed by atoms with Crippen molar-refractivity contribution in [3.63, 3.8) is 0 Å². The van der Waals surface area contributed by atoms with Crippen molar-refractivity contribution < 1.29 is 9.53 Å². The molecule has 5 aromatic rings. The Labute approximate surface area is 205 Å². The minimum absolute atomic E-state index is 0.178.